The molecule has 1 aromatic heterocycles. The second-order valence-electron chi connectivity index (χ2n) is 3.64. The second-order valence-corrected chi connectivity index (χ2v) is 5.10. The molecule has 0 saturated carbocycles. The third kappa shape index (κ3) is 3.63. The van der Waals surface area contributed by atoms with E-state index in [1.54, 1.807) is 6.92 Å². The van der Waals surface area contributed by atoms with Gasteiger partial charge >= 0.3 is 6.18 Å². The number of hydrogen-bond donors (Lipinski definition) is 0. The van der Waals surface area contributed by atoms with Crippen LogP contribution in [-0.2, 0) is 11.9 Å². The minimum absolute atomic E-state index is 0.305. The highest BCUT2D eigenvalue weighted by atomic mass is 35.5. The zero-order valence-corrected chi connectivity index (χ0v) is 11.2. The molecule has 0 fully saturated rings. The summed E-state index contributed by atoms with van der Waals surface area (Å²) in [4.78, 5) is 0.438. The molecule has 0 spiro atoms. The van der Waals surface area contributed by atoms with Crippen LogP contribution in [0.1, 0.15) is 17.3 Å². The fraction of sp³-hybridized carbons (Fsp3) is 0.273. The summed E-state index contributed by atoms with van der Waals surface area (Å²) in [5.41, 5.74) is -0.846. The van der Waals surface area contributed by atoms with Crippen molar-refractivity contribution in [3.63, 3.8) is 0 Å². The number of benzene rings is 1. The van der Waals surface area contributed by atoms with Gasteiger partial charge in [0.05, 0.1) is 16.3 Å². The molecule has 8 heteroatoms. The first-order chi connectivity index (χ1) is 8.86. The number of hydrogen-bond acceptors (Lipinski definition) is 4. The van der Waals surface area contributed by atoms with Crippen LogP contribution in [0.2, 0.25) is 5.02 Å². The number of alkyl halides is 3. The Hall–Kier alpha value is -1.21. The standard InChI is InChI=1S/C11H8ClF3N2OS/c1-6-16-17-10(18-6)5-19-7-2-3-9(12)8(4-7)11(13,14)15/h2-4H,5H2,1H3. The van der Waals surface area contributed by atoms with Crippen molar-refractivity contribution in [3.8, 4) is 0 Å². The quantitative estimate of drug-likeness (QED) is 0.791. The summed E-state index contributed by atoms with van der Waals surface area (Å²) in [5, 5.41) is 7.09. The van der Waals surface area contributed by atoms with Crippen LogP contribution in [0, 0.1) is 6.92 Å². The first kappa shape index (κ1) is 14.2. The van der Waals surface area contributed by atoms with Crippen molar-refractivity contribution in [1.29, 1.82) is 0 Å². The molecule has 0 N–H and O–H groups in total. The maximum absolute atomic E-state index is 12.7. The van der Waals surface area contributed by atoms with Gasteiger partial charge in [-0.3, -0.25) is 0 Å². The van der Waals surface area contributed by atoms with Gasteiger partial charge in [-0.25, -0.2) is 0 Å². The topological polar surface area (TPSA) is 38.9 Å². The lowest BCUT2D eigenvalue weighted by Gasteiger charge is -2.10. The largest absolute Gasteiger partial charge is 0.425 e. The summed E-state index contributed by atoms with van der Waals surface area (Å²) in [6.45, 7) is 1.64. The molecule has 102 valence electrons. The molecule has 2 aromatic rings. The van der Waals surface area contributed by atoms with Gasteiger partial charge in [0.25, 0.3) is 0 Å². The summed E-state index contributed by atoms with van der Waals surface area (Å²) >= 11 is 6.70. The van der Waals surface area contributed by atoms with Gasteiger partial charge in [-0.15, -0.1) is 22.0 Å². The molecule has 0 aliphatic carbocycles. The van der Waals surface area contributed by atoms with E-state index in [-0.39, 0.29) is 5.02 Å². The van der Waals surface area contributed by atoms with E-state index >= 15 is 0 Å². The molecule has 0 aliphatic rings. The molecule has 2 rings (SSSR count). The lowest BCUT2D eigenvalue weighted by Crippen LogP contribution is -2.05. The van der Waals surface area contributed by atoms with E-state index in [0.29, 0.717) is 22.4 Å². The van der Waals surface area contributed by atoms with Crippen LogP contribution in [0.3, 0.4) is 0 Å². The van der Waals surface area contributed by atoms with Crippen molar-refractivity contribution in [2.45, 2.75) is 23.7 Å². The van der Waals surface area contributed by atoms with E-state index in [1.165, 1.54) is 23.9 Å². The van der Waals surface area contributed by atoms with Crippen LogP contribution in [0.25, 0.3) is 0 Å². The van der Waals surface area contributed by atoms with Crippen LogP contribution >= 0.6 is 23.4 Å². The van der Waals surface area contributed by atoms with Crippen LogP contribution in [0.15, 0.2) is 27.5 Å². The molecule has 0 amide bonds. The number of nitrogens with zero attached hydrogens (tertiary/aromatic N) is 2. The molecule has 1 aromatic carbocycles. The lowest BCUT2D eigenvalue weighted by atomic mass is 10.2. The average Bonchev–Trinajstić information content (AvgIpc) is 2.72. The molecule has 19 heavy (non-hydrogen) atoms. The molecule has 3 nitrogen and oxygen atoms in total. The Balaban J connectivity index is 2.13. The van der Waals surface area contributed by atoms with E-state index < -0.39 is 11.7 Å². The predicted octanol–water partition coefficient (Wildman–Crippen LogP) is 4.34. The molecule has 0 radical (unpaired) electrons. The molecular weight excluding hydrogens is 301 g/mol. The molecule has 0 unspecified atom stereocenters. The van der Waals surface area contributed by atoms with Crippen LogP contribution in [0.4, 0.5) is 13.2 Å². The van der Waals surface area contributed by atoms with E-state index in [9.17, 15) is 13.2 Å². The zero-order valence-electron chi connectivity index (χ0n) is 9.66. The summed E-state index contributed by atoms with van der Waals surface area (Å²) in [7, 11) is 0. The van der Waals surface area contributed by atoms with E-state index in [2.05, 4.69) is 10.2 Å². The fourth-order valence-corrected chi connectivity index (χ4v) is 2.35. The SMILES string of the molecule is Cc1nnc(CSc2ccc(Cl)c(C(F)(F)F)c2)o1. The number of rotatable bonds is 3. The molecule has 0 saturated heterocycles. The van der Waals surface area contributed by atoms with Crippen molar-refractivity contribution in [2.75, 3.05) is 0 Å². The van der Waals surface area contributed by atoms with Gasteiger partial charge in [0.1, 0.15) is 0 Å². The summed E-state index contributed by atoms with van der Waals surface area (Å²) < 4.78 is 43.1. The summed E-state index contributed by atoms with van der Waals surface area (Å²) in [6.07, 6.45) is -4.46. The number of aromatic nitrogens is 2. The van der Waals surface area contributed by atoms with Crippen molar-refractivity contribution >= 4 is 23.4 Å². The van der Waals surface area contributed by atoms with Crippen LogP contribution < -0.4 is 0 Å². The molecule has 1 heterocycles. The Labute approximate surface area is 116 Å². The van der Waals surface area contributed by atoms with Gasteiger partial charge in [0, 0.05) is 11.8 Å². The minimum atomic E-state index is -4.46. The zero-order chi connectivity index (χ0) is 14.0. The third-order valence-electron chi connectivity index (χ3n) is 2.17. The highest BCUT2D eigenvalue weighted by Gasteiger charge is 2.33. The van der Waals surface area contributed by atoms with Crippen molar-refractivity contribution in [2.24, 2.45) is 0 Å². The number of aryl methyl sites for hydroxylation is 1. The highest BCUT2D eigenvalue weighted by molar-refractivity contribution is 7.98. The van der Waals surface area contributed by atoms with Gasteiger partial charge < -0.3 is 4.42 Å². The number of thioether (sulfide) groups is 1. The smallest absolute Gasteiger partial charge is 0.417 e. The molecular formula is C11H8ClF3N2OS. The Bertz CT molecular complexity index is 586. The van der Waals surface area contributed by atoms with Crippen LogP contribution in [0.5, 0.6) is 0 Å². The van der Waals surface area contributed by atoms with Crippen molar-refractivity contribution < 1.29 is 17.6 Å². The van der Waals surface area contributed by atoms with Gasteiger partial charge in [-0.1, -0.05) is 11.6 Å². The summed E-state index contributed by atoms with van der Waals surface area (Å²) in [5.74, 6) is 1.09. The van der Waals surface area contributed by atoms with Gasteiger partial charge in [0.2, 0.25) is 11.8 Å². The van der Waals surface area contributed by atoms with Gasteiger partial charge in [0.15, 0.2) is 0 Å². The Morgan fingerprint density at radius 1 is 1.32 bits per heavy atom. The Morgan fingerprint density at radius 3 is 2.63 bits per heavy atom. The molecule has 0 bridgehead atoms. The Morgan fingerprint density at radius 2 is 2.05 bits per heavy atom. The highest BCUT2D eigenvalue weighted by Crippen LogP contribution is 2.37. The van der Waals surface area contributed by atoms with Gasteiger partial charge in [-0.05, 0) is 18.2 Å². The molecule has 0 atom stereocenters. The predicted molar refractivity (Wildman–Crippen MR) is 65.1 cm³/mol. The van der Waals surface area contributed by atoms with Crippen molar-refractivity contribution in [3.05, 3.63) is 40.6 Å². The van der Waals surface area contributed by atoms with E-state index in [0.717, 1.165) is 6.07 Å². The van der Waals surface area contributed by atoms with Crippen molar-refractivity contribution in [1.82, 2.24) is 10.2 Å². The Kier molecular flexibility index (Phi) is 4.05. The van der Waals surface area contributed by atoms with Crippen LogP contribution in [-0.4, -0.2) is 10.2 Å². The van der Waals surface area contributed by atoms with E-state index in [1.807, 2.05) is 0 Å². The maximum atomic E-state index is 12.7. The van der Waals surface area contributed by atoms with E-state index in [4.69, 9.17) is 16.0 Å². The number of halogens is 4. The first-order valence-electron chi connectivity index (χ1n) is 5.15. The van der Waals surface area contributed by atoms with Gasteiger partial charge in [-0.2, -0.15) is 13.2 Å². The second kappa shape index (κ2) is 5.42. The molecule has 0 aliphatic heterocycles. The fourth-order valence-electron chi connectivity index (χ4n) is 1.35. The maximum Gasteiger partial charge on any atom is 0.417 e. The summed E-state index contributed by atoms with van der Waals surface area (Å²) in [6, 6.07) is 3.76. The monoisotopic (exact) mass is 308 g/mol. The lowest BCUT2D eigenvalue weighted by molar-refractivity contribution is -0.137. The normalized spacial score (nSPS) is 11.8. The first-order valence-corrected chi connectivity index (χ1v) is 6.51. The third-order valence-corrected chi connectivity index (χ3v) is 3.48. The average molecular weight is 309 g/mol. The minimum Gasteiger partial charge on any atom is -0.425 e.